The maximum absolute atomic E-state index is 12.7. The summed E-state index contributed by atoms with van der Waals surface area (Å²) < 4.78 is 35.9. The lowest BCUT2D eigenvalue weighted by Gasteiger charge is -2.53. The van der Waals surface area contributed by atoms with Crippen molar-refractivity contribution < 1.29 is 47.0 Å². The van der Waals surface area contributed by atoms with Gasteiger partial charge in [0.25, 0.3) is 10.1 Å². The van der Waals surface area contributed by atoms with Crippen molar-refractivity contribution in [3.05, 3.63) is 35.4 Å². The Kier molecular flexibility index (Phi) is 7.82. The van der Waals surface area contributed by atoms with E-state index in [0.717, 1.165) is 26.3 Å². The van der Waals surface area contributed by atoms with Gasteiger partial charge in [0.05, 0.1) is 0 Å². The number of hydrogen-bond acceptors (Lipinski definition) is 10. The van der Waals surface area contributed by atoms with Gasteiger partial charge < -0.3 is 20.1 Å². The number of benzene rings is 1. The van der Waals surface area contributed by atoms with Crippen molar-refractivity contribution in [2.24, 2.45) is 0 Å². The summed E-state index contributed by atoms with van der Waals surface area (Å²) in [6.07, 6.45) is -6.32. The molecule has 32 heavy (non-hydrogen) atoms. The van der Waals surface area contributed by atoms with E-state index in [1.807, 2.05) is 6.92 Å². The molecule has 0 amide bonds. The highest BCUT2D eigenvalue weighted by molar-refractivity contribution is 9.09. The number of aliphatic hydroxyl groups excluding tert-OH is 1. The van der Waals surface area contributed by atoms with E-state index in [0.29, 0.717) is 5.56 Å². The van der Waals surface area contributed by atoms with Gasteiger partial charge in [-0.3, -0.25) is 18.6 Å². The van der Waals surface area contributed by atoms with Crippen LogP contribution >= 0.6 is 15.9 Å². The number of aryl methyl sites for hydroxylation is 1. The van der Waals surface area contributed by atoms with Crippen molar-refractivity contribution in [1.29, 1.82) is 0 Å². The second kappa shape index (κ2) is 9.37. The predicted molar refractivity (Wildman–Crippen MR) is 114 cm³/mol. The predicted octanol–water partition coefficient (Wildman–Crippen LogP) is -0.0801. The van der Waals surface area contributed by atoms with Crippen LogP contribution in [0.15, 0.2) is 24.3 Å². The molecule has 3 N–H and O–H groups in total. The fourth-order valence-corrected chi connectivity index (χ4v) is 5.67. The van der Waals surface area contributed by atoms with E-state index in [2.05, 4.69) is 15.9 Å². The lowest BCUT2D eigenvalue weighted by atomic mass is 9.67. The van der Waals surface area contributed by atoms with Crippen LogP contribution in [0.4, 0.5) is 0 Å². The SMILES string of the molecule is CC(=O)C(O)[C@H]1OC(Br)[C@H](OS(=O)(=O)Cc2ccc(C)cc2)[C@](O)(C(C)=O)[C@@]1(O)C(C)=O. The van der Waals surface area contributed by atoms with Gasteiger partial charge in [0.15, 0.2) is 34.7 Å². The van der Waals surface area contributed by atoms with Crippen LogP contribution in [0.5, 0.6) is 0 Å². The summed E-state index contributed by atoms with van der Waals surface area (Å²) in [6.45, 7) is 4.35. The topological polar surface area (TPSA) is 164 Å². The maximum Gasteiger partial charge on any atom is 0.272 e. The average molecular weight is 537 g/mol. The molecule has 1 aromatic rings. The lowest BCUT2D eigenvalue weighted by Crippen LogP contribution is -2.80. The molecule has 1 aliphatic heterocycles. The molecular formula is C20H25BrO10S. The van der Waals surface area contributed by atoms with Gasteiger partial charge in [-0.1, -0.05) is 45.8 Å². The fraction of sp³-hybridized carbons (Fsp3) is 0.550. The summed E-state index contributed by atoms with van der Waals surface area (Å²) in [5.74, 6) is -4.05. The van der Waals surface area contributed by atoms with E-state index >= 15 is 0 Å². The number of rotatable bonds is 8. The number of alkyl halides is 1. The quantitative estimate of drug-likeness (QED) is 0.302. The summed E-state index contributed by atoms with van der Waals surface area (Å²) in [5.41, 5.74) is -5.15. The normalized spacial score (nSPS) is 31.7. The minimum Gasteiger partial charge on any atom is -0.382 e. The van der Waals surface area contributed by atoms with E-state index in [1.54, 1.807) is 24.3 Å². The first-order valence-electron chi connectivity index (χ1n) is 9.49. The van der Waals surface area contributed by atoms with Crippen LogP contribution in [-0.4, -0.2) is 75.6 Å². The zero-order valence-corrected chi connectivity index (χ0v) is 20.2. The number of carbonyl (C=O) groups excluding carboxylic acids is 3. The smallest absolute Gasteiger partial charge is 0.272 e. The van der Waals surface area contributed by atoms with Crippen LogP contribution in [0.2, 0.25) is 0 Å². The summed E-state index contributed by atoms with van der Waals surface area (Å²) >= 11 is 2.94. The molecule has 0 aliphatic carbocycles. The monoisotopic (exact) mass is 536 g/mol. The maximum atomic E-state index is 12.7. The highest BCUT2D eigenvalue weighted by Crippen LogP contribution is 2.44. The molecule has 2 unspecified atom stereocenters. The Bertz CT molecular complexity index is 1010. The zero-order chi connectivity index (χ0) is 24.6. The molecular weight excluding hydrogens is 512 g/mol. The zero-order valence-electron chi connectivity index (χ0n) is 17.8. The summed E-state index contributed by atoms with van der Waals surface area (Å²) in [5, 5.41) is 31.1. The molecule has 1 heterocycles. The minimum absolute atomic E-state index is 0.344. The van der Waals surface area contributed by atoms with Gasteiger partial charge in [0, 0.05) is 0 Å². The fourth-order valence-electron chi connectivity index (χ4n) is 3.58. The largest absolute Gasteiger partial charge is 0.382 e. The Morgan fingerprint density at radius 3 is 2.03 bits per heavy atom. The third-order valence-electron chi connectivity index (χ3n) is 5.41. The molecule has 12 heteroatoms. The van der Waals surface area contributed by atoms with Crippen LogP contribution in [0, 0.1) is 6.92 Å². The van der Waals surface area contributed by atoms with Gasteiger partial charge in [0.1, 0.15) is 23.0 Å². The van der Waals surface area contributed by atoms with E-state index < -0.39 is 67.7 Å². The van der Waals surface area contributed by atoms with Crippen molar-refractivity contribution in [3.63, 3.8) is 0 Å². The number of halogens is 1. The molecule has 6 atom stereocenters. The van der Waals surface area contributed by atoms with Crippen molar-refractivity contribution >= 4 is 43.4 Å². The van der Waals surface area contributed by atoms with Crippen LogP contribution in [0.3, 0.4) is 0 Å². The first kappa shape index (κ1) is 26.7. The number of Topliss-reactive ketones (excluding diaryl/α,β-unsaturated/α-hetero) is 3. The molecule has 10 nitrogen and oxygen atoms in total. The molecule has 1 fully saturated rings. The number of ketones is 3. The average Bonchev–Trinajstić information content (AvgIpc) is 2.68. The standard InChI is InChI=1S/C20H25BrO10S/c1-10-5-7-14(8-6-10)9-32(28,29)31-17-18(21)30-16(15(25)11(2)22)19(26,12(3)23)20(17,27)13(4)24/h5-8,15-18,25-27H,9H2,1-4H3/t15?,16-,17+,18?,19-,20-/m1/s1. The number of ether oxygens (including phenoxy) is 1. The molecule has 1 aliphatic rings. The van der Waals surface area contributed by atoms with Crippen molar-refractivity contribution in [3.8, 4) is 0 Å². The number of aliphatic hydroxyl groups is 3. The second-order valence-corrected chi connectivity index (χ2v) is 10.3. The van der Waals surface area contributed by atoms with Crippen LogP contribution in [-0.2, 0) is 39.2 Å². The van der Waals surface area contributed by atoms with Crippen LogP contribution < -0.4 is 0 Å². The summed E-state index contributed by atoms with van der Waals surface area (Å²) in [7, 11) is -4.49. The lowest BCUT2D eigenvalue weighted by molar-refractivity contribution is -0.282. The molecule has 0 bridgehead atoms. The van der Waals surface area contributed by atoms with E-state index in [9.17, 15) is 38.1 Å². The highest BCUT2D eigenvalue weighted by Gasteiger charge is 2.72. The van der Waals surface area contributed by atoms with Crippen LogP contribution in [0.1, 0.15) is 31.9 Å². The number of carbonyl (C=O) groups is 3. The Balaban J connectivity index is 2.54. The Morgan fingerprint density at radius 2 is 1.59 bits per heavy atom. The second-order valence-electron chi connectivity index (χ2n) is 7.81. The molecule has 1 saturated heterocycles. The molecule has 2 rings (SSSR count). The van der Waals surface area contributed by atoms with Crippen molar-refractivity contribution in [1.82, 2.24) is 0 Å². The van der Waals surface area contributed by atoms with E-state index in [-0.39, 0.29) is 0 Å². The molecule has 0 radical (unpaired) electrons. The van der Waals surface area contributed by atoms with Crippen LogP contribution in [0.25, 0.3) is 0 Å². The highest BCUT2D eigenvalue weighted by atomic mass is 79.9. The van der Waals surface area contributed by atoms with E-state index in [4.69, 9.17) is 8.92 Å². The Morgan fingerprint density at radius 1 is 1.09 bits per heavy atom. The van der Waals surface area contributed by atoms with Gasteiger partial charge >= 0.3 is 0 Å². The molecule has 0 saturated carbocycles. The van der Waals surface area contributed by atoms with Crippen molar-refractivity contribution in [2.45, 2.75) is 68.0 Å². The van der Waals surface area contributed by atoms with E-state index in [1.165, 1.54) is 0 Å². The molecule has 0 spiro atoms. The molecule has 1 aromatic carbocycles. The minimum atomic E-state index is -4.49. The summed E-state index contributed by atoms with van der Waals surface area (Å²) in [6, 6.07) is 6.44. The Labute approximate surface area is 193 Å². The Hall–Kier alpha value is -1.54. The van der Waals surface area contributed by atoms with Gasteiger partial charge in [-0.05, 0) is 33.3 Å². The third-order valence-corrected chi connectivity index (χ3v) is 7.29. The summed E-state index contributed by atoms with van der Waals surface area (Å²) in [4.78, 5) is 36.7. The van der Waals surface area contributed by atoms with Gasteiger partial charge in [0.2, 0.25) is 0 Å². The first-order chi connectivity index (χ1) is 14.6. The third kappa shape index (κ3) is 4.72. The number of hydrogen-bond donors (Lipinski definition) is 3. The van der Waals surface area contributed by atoms with Gasteiger partial charge in [-0.15, -0.1) is 0 Å². The van der Waals surface area contributed by atoms with Crippen molar-refractivity contribution in [2.75, 3.05) is 0 Å². The molecule has 0 aromatic heterocycles. The van der Waals surface area contributed by atoms with Gasteiger partial charge in [-0.2, -0.15) is 8.42 Å². The van der Waals surface area contributed by atoms with Gasteiger partial charge in [-0.25, -0.2) is 0 Å². The molecule has 178 valence electrons. The first-order valence-corrected chi connectivity index (χ1v) is 12.0.